The van der Waals surface area contributed by atoms with Gasteiger partial charge in [-0.2, -0.15) is 0 Å². The predicted molar refractivity (Wildman–Crippen MR) is 145 cm³/mol. The van der Waals surface area contributed by atoms with E-state index in [9.17, 15) is 18.0 Å². The summed E-state index contributed by atoms with van der Waals surface area (Å²) in [5, 5.41) is 2.88. The second-order valence-corrected chi connectivity index (χ2v) is 10.8. The summed E-state index contributed by atoms with van der Waals surface area (Å²) in [4.78, 5) is 27.5. The molecule has 0 unspecified atom stereocenters. The van der Waals surface area contributed by atoms with Crippen LogP contribution in [-0.2, 0) is 26.2 Å². The summed E-state index contributed by atoms with van der Waals surface area (Å²) >= 11 is 12.5. The third-order valence-corrected chi connectivity index (χ3v) is 8.04. The van der Waals surface area contributed by atoms with E-state index in [1.54, 1.807) is 56.5 Å². The van der Waals surface area contributed by atoms with Crippen molar-refractivity contribution in [1.82, 2.24) is 10.2 Å². The third kappa shape index (κ3) is 6.74. The van der Waals surface area contributed by atoms with Gasteiger partial charge < -0.3 is 15.0 Å². The standard InChI is InChI=1S/C26H27Cl2N3O5S/c1-18(26(33)29-2)30(16-19-9-12-21(36-3)13-10-19)25(32)17-31(24-15-20(27)11-14-23(24)28)37(34,35)22-7-5-4-6-8-22/h4-15,18H,16-17H2,1-3H3,(H,29,33)/t18-/m1/s1. The van der Waals surface area contributed by atoms with E-state index in [0.717, 1.165) is 9.87 Å². The van der Waals surface area contributed by atoms with Crippen molar-refractivity contribution in [3.8, 4) is 5.75 Å². The molecule has 0 fully saturated rings. The Hall–Kier alpha value is -3.27. The van der Waals surface area contributed by atoms with Gasteiger partial charge in [0.2, 0.25) is 11.8 Å². The fourth-order valence-electron chi connectivity index (χ4n) is 3.63. The lowest BCUT2D eigenvalue weighted by atomic mass is 10.1. The zero-order valence-electron chi connectivity index (χ0n) is 20.5. The van der Waals surface area contributed by atoms with Crippen LogP contribution in [0.3, 0.4) is 0 Å². The van der Waals surface area contributed by atoms with Crippen LogP contribution >= 0.6 is 23.2 Å². The molecule has 0 bridgehead atoms. The van der Waals surface area contributed by atoms with Crippen molar-refractivity contribution in [2.75, 3.05) is 25.0 Å². The normalized spacial score (nSPS) is 11.9. The molecule has 0 saturated carbocycles. The Morgan fingerprint density at radius 3 is 2.24 bits per heavy atom. The van der Waals surface area contributed by atoms with Crippen LogP contribution in [0.15, 0.2) is 77.7 Å². The maximum absolute atomic E-state index is 13.7. The Morgan fingerprint density at radius 2 is 1.65 bits per heavy atom. The van der Waals surface area contributed by atoms with Crippen LogP contribution in [0.2, 0.25) is 10.0 Å². The number of nitrogens with zero attached hydrogens (tertiary/aromatic N) is 2. The highest BCUT2D eigenvalue weighted by Gasteiger charge is 2.33. The number of carbonyl (C=O) groups excluding carboxylic acids is 2. The molecule has 196 valence electrons. The van der Waals surface area contributed by atoms with Gasteiger partial charge in [-0.3, -0.25) is 13.9 Å². The molecule has 8 nitrogen and oxygen atoms in total. The minimum absolute atomic E-state index is 0.0279. The van der Waals surface area contributed by atoms with Crippen molar-refractivity contribution in [2.45, 2.75) is 24.4 Å². The number of hydrogen-bond donors (Lipinski definition) is 1. The summed E-state index contributed by atoms with van der Waals surface area (Å²) in [6, 6.07) is 18.2. The van der Waals surface area contributed by atoms with E-state index in [4.69, 9.17) is 27.9 Å². The zero-order chi connectivity index (χ0) is 27.2. The Kier molecular flexibility index (Phi) is 9.42. The highest BCUT2D eigenvalue weighted by Crippen LogP contribution is 2.33. The number of amides is 2. The van der Waals surface area contributed by atoms with Crippen molar-refractivity contribution in [1.29, 1.82) is 0 Å². The first-order chi connectivity index (χ1) is 17.6. The second kappa shape index (κ2) is 12.3. The van der Waals surface area contributed by atoms with Crippen molar-refractivity contribution < 1.29 is 22.7 Å². The molecular formula is C26H27Cl2N3O5S. The Balaban J connectivity index is 2.05. The molecule has 0 aliphatic carbocycles. The number of benzene rings is 3. The number of ether oxygens (including phenoxy) is 1. The van der Waals surface area contributed by atoms with E-state index in [-0.39, 0.29) is 27.2 Å². The molecule has 0 spiro atoms. The van der Waals surface area contributed by atoms with Crippen LogP contribution < -0.4 is 14.4 Å². The molecule has 3 rings (SSSR count). The van der Waals surface area contributed by atoms with Crippen LogP contribution in [0.1, 0.15) is 12.5 Å². The van der Waals surface area contributed by atoms with Gasteiger partial charge in [0.25, 0.3) is 10.0 Å². The highest BCUT2D eigenvalue weighted by molar-refractivity contribution is 7.92. The molecule has 2 amide bonds. The van der Waals surface area contributed by atoms with Crippen molar-refractivity contribution in [2.24, 2.45) is 0 Å². The molecule has 0 radical (unpaired) electrons. The fourth-order valence-corrected chi connectivity index (χ4v) is 5.51. The number of hydrogen-bond acceptors (Lipinski definition) is 5. The number of halogens is 2. The summed E-state index contributed by atoms with van der Waals surface area (Å²) in [6.07, 6.45) is 0. The molecular weight excluding hydrogens is 537 g/mol. The number of carbonyl (C=O) groups is 2. The topological polar surface area (TPSA) is 96.0 Å². The van der Waals surface area contributed by atoms with Crippen LogP contribution in [0.4, 0.5) is 5.69 Å². The summed E-state index contributed by atoms with van der Waals surface area (Å²) in [5.41, 5.74) is 0.770. The average Bonchev–Trinajstić information content (AvgIpc) is 2.91. The van der Waals surface area contributed by atoms with Gasteiger partial charge in [-0.15, -0.1) is 0 Å². The molecule has 0 aromatic heterocycles. The number of rotatable bonds is 10. The summed E-state index contributed by atoms with van der Waals surface area (Å²) < 4.78 is 33.5. The van der Waals surface area contributed by atoms with Crippen LogP contribution in [0, 0.1) is 0 Å². The largest absolute Gasteiger partial charge is 0.497 e. The van der Waals surface area contributed by atoms with Gasteiger partial charge in [0.1, 0.15) is 18.3 Å². The molecule has 3 aromatic rings. The Labute approximate surface area is 226 Å². The predicted octanol–water partition coefficient (Wildman–Crippen LogP) is 4.36. The van der Waals surface area contributed by atoms with E-state index in [0.29, 0.717) is 5.75 Å². The molecule has 11 heteroatoms. The van der Waals surface area contributed by atoms with Gasteiger partial charge in [-0.05, 0) is 55.0 Å². The highest BCUT2D eigenvalue weighted by atomic mass is 35.5. The molecule has 1 N–H and O–H groups in total. The van der Waals surface area contributed by atoms with Crippen LogP contribution in [0.5, 0.6) is 5.75 Å². The van der Waals surface area contributed by atoms with Gasteiger partial charge in [0, 0.05) is 18.6 Å². The first-order valence-electron chi connectivity index (χ1n) is 11.2. The SMILES string of the molecule is CNC(=O)[C@@H](C)N(Cc1ccc(OC)cc1)C(=O)CN(c1cc(Cl)ccc1Cl)S(=O)(=O)c1ccccc1. The number of anilines is 1. The van der Waals surface area contributed by atoms with Gasteiger partial charge in [0.05, 0.1) is 22.7 Å². The van der Waals surface area contributed by atoms with E-state index >= 15 is 0 Å². The molecule has 0 aliphatic rings. The second-order valence-electron chi connectivity index (χ2n) is 8.08. The molecule has 0 saturated heterocycles. The molecule has 37 heavy (non-hydrogen) atoms. The lowest BCUT2D eigenvalue weighted by Crippen LogP contribution is -2.50. The molecule has 0 heterocycles. The van der Waals surface area contributed by atoms with E-state index in [1.807, 2.05) is 0 Å². The number of nitrogens with one attached hydrogen (secondary N) is 1. The molecule has 0 aliphatic heterocycles. The number of sulfonamides is 1. The smallest absolute Gasteiger partial charge is 0.264 e. The zero-order valence-corrected chi connectivity index (χ0v) is 22.8. The Bertz CT molecular complexity index is 1350. The maximum atomic E-state index is 13.7. The maximum Gasteiger partial charge on any atom is 0.264 e. The van der Waals surface area contributed by atoms with E-state index < -0.39 is 34.4 Å². The van der Waals surface area contributed by atoms with Crippen molar-refractivity contribution in [3.05, 3.63) is 88.4 Å². The minimum Gasteiger partial charge on any atom is -0.497 e. The summed E-state index contributed by atoms with van der Waals surface area (Å²) in [6.45, 7) is 1.01. The Morgan fingerprint density at radius 1 is 1.00 bits per heavy atom. The van der Waals surface area contributed by atoms with Crippen LogP contribution in [0.25, 0.3) is 0 Å². The van der Waals surface area contributed by atoms with E-state index in [1.165, 1.54) is 42.3 Å². The van der Waals surface area contributed by atoms with Crippen molar-refractivity contribution in [3.63, 3.8) is 0 Å². The van der Waals surface area contributed by atoms with Gasteiger partial charge in [-0.1, -0.05) is 53.5 Å². The third-order valence-electron chi connectivity index (χ3n) is 5.71. The van der Waals surface area contributed by atoms with Crippen molar-refractivity contribution >= 4 is 50.7 Å². The first kappa shape index (κ1) is 28.3. The lowest BCUT2D eigenvalue weighted by Gasteiger charge is -2.32. The van der Waals surface area contributed by atoms with Crippen LogP contribution in [-0.4, -0.2) is 51.9 Å². The lowest BCUT2D eigenvalue weighted by molar-refractivity contribution is -0.139. The number of likely N-dealkylation sites (N-methyl/N-ethyl adjacent to an activating group) is 1. The fraction of sp³-hybridized carbons (Fsp3) is 0.231. The van der Waals surface area contributed by atoms with Gasteiger partial charge >= 0.3 is 0 Å². The quantitative estimate of drug-likeness (QED) is 0.395. The summed E-state index contributed by atoms with van der Waals surface area (Å²) in [5.74, 6) is -0.376. The minimum atomic E-state index is -4.23. The summed E-state index contributed by atoms with van der Waals surface area (Å²) in [7, 11) is -1.22. The monoisotopic (exact) mass is 563 g/mol. The number of methoxy groups -OCH3 is 1. The average molecular weight is 564 g/mol. The van der Waals surface area contributed by atoms with E-state index in [2.05, 4.69) is 5.32 Å². The molecule has 1 atom stereocenters. The molecule has 3 aromatic carbocycles. The van der Waals surface area contributed by atoms with Gasteiger partial charge in [0.15, 0.2) is 0 Å². The first-order valence-corrected chi connectivity index (χ1v) is 13.4. The van der Waals surface area contributed by atoms with Gasteiger partial charge in [-0.25, -0.2) is 8.42 Å².